The minimum atomic E-state index is -0.686. The van der Waals surface area contributed by atoms with Crippen molar-refractivity contribution in [2.45, 2.75) is 58.2 Å². The van der Waals surface area contributed by atoms with Crippen molar-refractivity contribution in [3.8, 4) is 0 Å². The SMILES string of the molecule is CC12CCC([C@@H](OPP)[C@]3(O)CCC=C13)C2(C)C. The molecule has 2 bridgehead atoms. The van der Waals surface area contributed by atoms with Crippen LogP contribution in [0, 0.1) is 16.7 Å². The lowest BCUT2D eigenvalue weighted by Gasteiger charge is -2.56. The van der Waals surface area contributed by atoms with Gasteiger partial charge in [0.25, 0.3) is 0 Å². The lowest BCUT2D eigenvalue weighted by molar-refractivity contribution is -0.124. The topological polar surface area (TPSA) is 29.5 Å². The fourth-order valence-corrected chi connectivity index (χ4v) is 5.83. The van der Waals surface area contributed by atoms with Gasteiger partial charge in [0.15, 0.2) is 0 Å². The van der Waals surface area contributed by atoms with Gasteiger partial charge in [0.1, 0.15) is 5.60 Å². The summed E-state index contributed by atoms with van der Waals surface area (Å²) in [6, 6.07) is 0. The fourth-order valence-electron chi connectivity index (χ4n) is 4.88. The molecule has 0 saturated heterocycles. The number of hydrogen-bond acceptors (Lipinski definition) is 2. The molecule has 2 nitrogen and oxygen atoms in total. The summed E-state index contributed by atoms with van der Waals surface area (Å²) < 4.78 is 6.01. The molecule has 0 radical (unpaired) electrons. The van der Waals surface area contributed by atoms with Gasteiger partial charge >= 0.3 is 0 Å². The highest BCUT2D eigenvalue weighted by Crippen LogP contribution is 2.70. The van der Waals surface area contributed by atoms with Crippen molar-refractivity contribution in [3.05, 3.63) is 11.6 Å². The molecule has 3 aliphatic carbocycles. The maximum Gasteiger partial charge on any atom is 0.113 e. The van der Waals surface area contributed by atoms with E-state index < -0.39 is 5.60 Å². The van der Waals surface area contributed by atoms with Crippen LogP contribution in [0.5, 0.6) is 0 Å². The summed E-state index contributed by atoms with van der Waals surface area (Å²) in [6.45, 7) is 7.09. The normalized spacial score (nSPS) is 49.7. The summed E-state index contributed by atoms with van der Waals surface area (Å²) in [5.74, 6) is 0.482. The van der Waals surface area contributed by atoms with E-state index in [1.807, 2.05) is 0 Å². The van der Waals surface area contributed by atoms with Crippen molar-refractivity contribution in [1.29, 1.82) is 0 Å². The van der Waals surface area contributed by atoms with Crippen LogP contribution >= 0.6 is 17.4 Å². The molecule has 6 atom stereocenters. The smallest absolute Gasteiger partial charge is 0.113 e. The third kappa shape index (κ3) is 1.39. The molecule has 0 aliphatic heterocycles. The summed E-state index contributed by atoms with van der Waals surface area (Å²) in [5, 5.41) is 11.2. The first-order valence-electron chi connectivity index (χ1n) is 6.93. The molecule has 4 heteroatoms. The van der Waals surface area contributed by atoms with Crippen molar-refractivity contribution in [2.75, 3.05) is 0 Å². The quantitative estimate of drug-likeness (QED) is 0.620. The Bertz CT molecular complexity index is 407. The molecule has 2 saturated carbocycles. The van der Waals surface area contributed by atoms with Crippen molar-refractivity contribution in [3.63, 3.8) is 0 Å². The first-order valence-corrected chi connectivity index (χ1v) is 9.64. The standard InChI is InChI=1S/C14H24O2P2/c1-12(2)9-6-8-13(12,3)10-5-4-7-14(10,15)11(9)16-18-17/h5,9,11,15,18H,4,6-8,17H2,1-3H3/t9?,11-,13?,14+/m1/s1. The maximum absolute atomic E-state index is 11.2. The van der Waals surface area contributed by atoms with Crippen LogP contribution in [0.25, 0.3) is 0 Å². The van der Waals surface area contributed by atoms with E-state index in [-0.39, 0.29) is 16.9 Å². The lowest BCUT2D eigenvalue weighted by Crippen LogP contribution is -2.59. The summed E-state index contributed by atoms with van der Waals surface area (Å²) in [4.78, 5) is 0. The van der Waals surface area contributed by atoms with E-state index in [0.29, 0.717) is 14.4 Å². The van der Waals surface area contributed by atoms with Gasteiger partial charge < -0.3 is 9.63 Å². The summed E-state index contributed by atoms with van der Waals surface area (Å²) in [6.07, 6.45) is 6.52. The predicted octanol–water partition coefficient (Wildman–Crippen LogP) is 3.66. The Morgan fingerprint density at radius 1 is 1.39 bits per heavy atom. The van der Waals surface area contributed by atoms with Crippen LogP contribution in [0.1, 0.15) is 46.5 Å². The molecular formula is C14H24O2P2. The lowest BCUT2D eigenvalue weighted by atomic mass is 9.52. The van der Waals surface area contributed by atoms with Crippen LogP contribution < -0.4 is 0 Å². The number of hydrogen-bond donors (Lipinski definition) is 1. The van der Waals surface area contributed by atoms with E-state index in [1.54, 1.807) is 0 Å². The van der Waals surface area contributed by atoms with E-state index in [1.165, 1.54) is 18.4 Å². The minimum absolute atomic E-state index is 0.00680. The van der Waals surface area contributed by atoms with Gasteiger partial charge in [-0.1, -0.05) is 35.8 Å². The van der Waals surface area contributed by atoms with Gasteiger partial charge in [-0.3, -0.25) is 0 Å². The largest absolute Gasteiger partial charge is 0.383 e. The van der Waals surface area contributed by atoms with Crippen molar-refractivity contribution in [2.24, 2.45) is 16.7 Å². The van der Waals surface area contributed by atoms with Gasteiger partial charge in [0.2, 0.25) is 0 Å². The molecule has 102 valence electrons. The Labute approximate surface area is 114 Å². The Kier molecular flexibility index (Phi) is 3.01. The zero-order chi connectivity index (χ0) is 13.2. The number of allylic oxidation sites excluding steroid dienone is 1. The second-order valence-corrected chi connectivity index (χ2v) is 8.11. The van der Waals surface area contributed by atoms with E-state index in [9.17, 15) is 5.11 Å². The summed E-state index contributed by atoms with van der Waals surface area (Å²) >= 11 is 0. The van der Waals surface area contributed by atoms with E-state index >= 15 is 0 Å². The zero-order valence-corrected chi connectivity index (χ0v) is 13.6. The van der Waals surface area contributed by atoms with Crippen LogP contribution in [-0.4, -0.2) is 16.8 Å². The van der Waals surface area contributed by atoms with Crippen LogP contribution in [0.2, 0.25) is 0 Å². The monoisotopic (exact) mass is 286 g/mol. The van der Waals surface area contributed by atoms with Gasteiger partial charge in [-0.15, -0.1) is 0 Å². The molecule has 3 aliphatic rings. The third-order valence-corrected chi connectivity index (χ3v) is 7.07. The predicted molar refractivity (Wildman–Crippen MR) is 79.8 cm³/mol. The highest BCUT2D eigenvalue weighted by Gasteiger charge is 2.68. The second-order valence-electron chi connectivity index (χ2n) is 6.94. The minimum Gasteiger partial charge on any atom is -0.383 e. The molecule has 3 rings (SSSR count). The first-order chi connectivity index (χ1) is 8.38. The summed E-state index contributed by atoms with van der Waals surface area (Å²) in [5.41, 5.74) is 0.980. The molecular weight excluding hydrogens is 262 g/mol. The molecule has 0 amide bonds. The third-order valence-electron chi connectivity index (χ3n) is 6.27. The molecule has 18 heavy (non-hydrogen) atoms. The average molecular weight is 286 g/mol. The number of fused-ring (bicyclic) bond motifs is 4. The van der Waals surface area contributed by atoms with E-state index in [0.717, 1.165) is 12.8 Å². The Morgan fingerprint density at radius 3 is 2.78 bits per heavy atom. The summed E-state index contributed by atoms with van der Waals surface area (Å²) in [7, 11) is 3.04. The Morgan fingerprint density at radius 2 is 2.11 bits per heavy atom. The number of aliphatic hydroxyl groups is 1. The molecule has 1 N–H and O–H groups in total. The molecule has 0 aromatic heterocycles. The Balaban J connectivity index is 2.13. The Hall–Kier alpha value is 0.520. The van der Waals surface area contributed by atoms with Gasteiger partial charge in [0, 0.05) is 8.50 Å². The molecule has 0 aromatic rings. The van der Waals surface area contributed by atoms with Crippen LogP contribution in [0.4, 0.5) is 0 Å². The molecule has 0 spiro atoms. The maximum atomic E-state index is 11.2. The second kappa shape index (κ2) is 4.01. The van der Waals surface area contributed by atoms with Gasteiger partial charge in [-0.25, -0.2) is 0 Å². The van der Waals surface area contributed by atoms with Crippen molar-refractivity contribution >= 4 is 17.4 Å². The average Bonchev–Trinajstić information content (AvgIpc) is 2.76. The molecule has 4 unspecified atom stereocenters. The zero-order valence-electron chi connectivity index (χ0n) is 11.5. The van der Waals surface area contributed by atoms with Gasteiger partial charge in [-0.05, 0) is 48.0 Å². The van der Waals surface area contributed by atoms with Crippen LogP contribution in [-0.2, 0) is 4.52 Å². The van der Waals surface area contributed by atoms with Crippen molar-refractivity contribution in [1.82, 2.24) is 0 Å². The first kappa shape index (κ1) is 13.5. The molecule has 0 heterocycles. The number of rotatable bonds is 2. The molecule has 0 aromatic carbocycles. The highest BCUT2D eigenvalue weighted by atomic mass is 32.0. The van der Waals surface area contributed by atoms with E-state index in [4.69, 9.17) is 4.52 Å². The molecule has 2 fully saturated rings. The van der Waals surface area contributed by atoms with Crippen molar-refractivity contribution < 1.29 is 9.63 Å². The van der Waals surface area contributed by atoms with Gasteiger partial charge in [-0.2, -0.15) is 0 Å². The van der Waals surface area contributed by atoms with E-state index in [2.05, 4.69) is 35.8 Å². The fraction of sp³-hybridized carbons (Fsp3) is 0.857. The highest BCUT2D eigenvalue weighted by molar-refractivity contribution is 8.00. The van der Waals surface area contributed by atoms with Gasteiger partial charge in [0.05, 0.1) is 6.10 Å². The van der Waals surface area contributed by atoms with Crippen LogP contribution in [0.3, 0.4) is 0 Å². The van der Waals surface area contributed by atoms with Crippen LogP contribution in [0.15, 0.2) is 11.6 Å².